The third-order valence-corrected chi connectivity index (χ3v) is 4.00. The number of hydrogen-bond donors (Lipinski definition) is 1. The van der Waals surface area contributed by atoms with Crippen molar-refractivity contribution in [2.75, 3.05) is 5.32 Å². The molecule has 1 aromatic carbocycles. The Hall–Kier alpha value is -3.22. The number of nitrogens with one attached hydrogen (secondary N) is 1. The first kappa shape index (κ1) is 17.6. The molecule has 7 heteroatoms. The Morgan fingerprint density at radius 1 is 1.23 bits per heavy atom. The molecule has 26 heavy (non-hydrogen) atoms. The van der Waals surface area contributed by atoms with Gasteiger partial charge in [0.05, 0.1) is 6.20 Å². The topological polar surface area (TPSA) is 90.0 Å². The highest BCUT2D eigenvalue weighted by molar-refractivity contribution is 6.04. The maximum atomic E-state index is 12.3. The SMILES string of the molecule is Cc1cc(CCCc2ccccc2)oc(=O)c1C(=O)Nc1cnn(C)n1. The summed E-state index contributed by atoms with van der Waals surface area (Å²) in [5.74, 6) is 0.315. The lowest BCUT2D eigenvalue weighted by Crippen LogP contribution is -2.23. The highest BCUT2D eigenvalue weighted by atomic mass is 16.4. The highest BCUT2D eigenvalue weighted by Gasteiger charge is 2.18. The highest BCUT2D eigenvalue weighted by Crippen LogP contribution is 2.12. The minimum atomic E-state index is -0.638. The van der Waals surface area contributed by atoms with Crippen molar-refractivity contribution in [1.82, 2.24) is 15.0 Å². The van der Waals surface area contributed by atoms with Gasteiger partial charge < -0.3 is 9.73 Å². The third kappa shape index (κ3) is 4.24. The van der Waals surface area contributed by atoms with Crippen LogP contribution in [0.5, 0.6) is 0 Å². The maximum Gasteiger partial charge on any atom is 0.349 e. The summed E-state index contributed by atoms with van der Waals surface area (Å²) < 4.78 is 5.33. The van der Waals surface area contributed by atoms with Crippen LogP contribution in [0, 0.1) is 6.92 Å². The van der Waals surface area contributed by atoms with E-state index in [1.807, 2.05) is 18.2 Å². The summed E-state index contributed by atoms with van der Waals surface area (Å²) in [6.45, 7) is 1.73. The first-order chi connectivity index (χ1) is 12.5. The van der Waals surface area contributed by atoms with E-state index >= 15 is 0 Å². The van der Waals surface area contributed by atoms with Gasteiger partial charge in [-0.05, 0) is 37.0 Å². The van der Waals surface area contributed by atoms with Gasteiger partial charge in [-0.25, -0.2) is 4.79 Å². The van der Waals surface area contributed by atoms with Gasteiger partial charge in [-0.2, -0.15) is 9.90 Å². The van der Waals surface area contributed by atoms with E-state index in [9.17, 15) is 9.59 Å². The summed E-state index contributed by atoms with van der Waals surface area (Å²) in [5.41, 5.74) is 1.17. The second-order valence-corrected chi connectivity index (χ2v) is 6.07. The van der Waals surface area contributed by atoms with Crippen molar-refractivity contribution in [1.29, 1.82) is 0 Å². The molecule has 2 aromatic heterocycles. The van der Waals surface area contributed by atoms with Gasteiger partial charge in [-0.3, -0.25) is 4.79 Å². The average Bonchev–Trinajstić information content (AvgIpc) is 3.00. The molecule has 0 saturated heterocycles. The van der Waals surface area contributed by atoms with Crippen LogP contribution in [-0.2, 0) is 19.9 Å². The zero-order valence-electron chi connectivity index (χ0n) is 14.7. The van der Waals surface area contributed by atoms with Crippen LogP contribution < -0.4 is 10.9 Å². The third-order valence-electron chi connectivity index (χ3n) is 4.00. The lowest BCUT2D eigenvalue weighted by Gasteiger charge is -2.07. The Morgan fingerprint density at radius 3 is 2.65 bits per heavy atom. The van der Waals surface area contributed by atoms with Crippen LogP contribution in [0.1, 0.15) is 33.7 Å². The fraction of sp³-hybridized carbons (Fsp3) is 0.263. The number of amides is 1. The number of aryl methyl sites for hydroxylation is 4. The minimum absolute atomic E-state index is 0.0116. The van der Waals surface area contributed by atoms with Gasteiger partial charge in [-0.1, -0.05) is 30.3 Å². The number of hydrogen-bond acceptors (Lipinski definition) is 5. The van der Waals surface area contributed by atoms with Crippen molar-refractivity contribution in [3.8, 4) is 0 Å². The monoisotopic (exact) mass is 352 g/mol. The van der Waals surface area contributed by atoms with Crippen LogP contribution in [0.3, 0.4) is 0 Å². The molecule has 0 spiro atoms. The van der Waals surface area contributed by atoms with E-state index in [4.69, 9.17) is 4.42 Å². The number of rotatable bonds is 6. The van der Waals surface area contributed by atoms with E-state index in [2.05, 4.69) is 27.6 Å². The van der Waals surface area contributed by atoms with E-state index in [0.29, 0.717) is 17.7 Å². The first-order valence-electron chi connectivity index (χ1n) is 8.38. The molecule has 2 heterocycles. The average molecular weight is 352 g/mol. The molecular weight excluding hydrogens is 332 g/mol. The smallest absolute Gasteiger partial charge is 0.349 e. The van der Waals surface area contributed by atoms with E-state index in [1.165, 1.54) is 16.6 Å². The molecule has 1 amide bonds. The molecule has 134 valence electrons. The number of aromatic nitrogens is 3. The Bertz CT molecular complexity index is 960. The summed E-state index contributed by atoms with van der Waals surface area (Å²) in [6.07, 6.45) is 3.81. The summed E-state index contributed by atoms with van der Waals surface area (Å²) in [7, 11) is 1.64. The van der Waals surface area contributed by atoms with Gasteiger partial charge in [0.2, 0.25) is 0 Å². The molecule has 0 atom stereocenters. The molecule has 7 nitrogen and oxygen atoms in total. The zero-order chi connectivity index (χ0) is 18.5. The second kappa shape index (κ2) is 7.77. The molecule has 0 bridgehead atoms. The predicted octanol–water partition coefficient (Wildman–Crippen LogP) is 2.50. The van der Waals surface area contributed by atoms with Crippen LogP contribution in [0.2, 0.25) is 0 Å². The van der Waals surface area contributed by atoms with Gasteiger partial charge in [0.15, 0.2) is 5.82 Å². The van der Waals surface area contributed by atoms with E-state index in [0.717, 1.165) is 12.8 Å². The molecule has 1 N–H and O–H groups in total. The maximum absolute atomic E-state index is 12.3. The Labute approximate surface area is 150 Å². The van der Waals surface area contributed by atoms with E-state index in [-0.39, 0.29) is 11.4 Å². The standard InChI is InChI=1S/C19H20N4O3/c1-13-11-15(10-6-9-14-7-4-3-5-8-14)26-19(25)17(13)18(24)21-16-12-20-23(2)22-16/h3-5,7-8,11-12H,6,9-10H2,1-2H3,(H,21,22,24). The van der Waals surface area contributed by atoms with Crippen molar-refractivity contribution in [3.05, 3.63) is 75.5 Å². The number of carbonyl (C=O) groups excluding carboxylic acids is 1. The quantitative estimate of drug-likeness (QED) is 0.736. The largest absolute Gasteiger partial charge is 0.427 e. The van der Waals surface area contributed by atoms with Gasteiger partial charge in [-0.15, -0.1) is 5.10 Å². The molecular formula is C19H20N4O3. The number of benzene rings is 1. The Morgan fingerprint density at radius 2 is 2.00 bits per heavy atom. The van der Waals surface area contributed by atoms with Crippen LogP contribution >= 0.6 is 0 Å². The van der Waals surface area contributed by atoms with E-state index < -0.39 is 11.5 Å². The summed E-state index contributed by atoms with van der Waals surface area (Å²) in [6, 6.07) is 11.9. The number of anilines is 1. The molecule has 3 rings (SSSR count). The summed E-state index contributed by atoms with van der Waals surface area (Å²) in [5, 5.41) is 10.4. The van der Waals surface area contributed by atoms with Crippen LogP contribution in [0.4, 0.5) is 5.82 Å². The minimum Gasteiger partial charge on any atom is -0.427 e. The van der Waals surface area contributed by atoms with Gasteiger partial charge in [0.1, 0.15) is 11.3 Å². The molecule has 0 aliphatic carbocycles. The molecule has 0 saturated carbocycles. The van der Waals surface area contributed by atoms with Gasteiger partial charge in [0.25, 0.3) is 5.91 Å². The van der Waals surface area contributed by atoms with Crippen LogP contribution in [0.25, 0.3) is 0 Å². The van der Waals surface area contributed by atoms with Gasteiger partial charge in [0, 0.05) is 13.5 Å². The van der Waals surface area contributed by atoms with Gasteiger partial charge >= 0.3 is 5.63 Å². The van der Waals surface area contributed by atoms with Crippen LogP contribution in [0.15, 0.2) is 51.8 Å². The first-order valence-corrected chi connectivity index (χ1v) is 8.38. The van der Waals surface area contributed by atoms with Crippen molar-refractivity contribution >= 4 is 11.7 Å². The fourth-order valence-corrected chi connectivity index (χ4v) is 2.76. The lowest BCUT2D eigenvalue weighted by atomic mass is 10.1. The van der Waals surface area contributed by atoms with Crippen molar-refractivity contribution in [2.24, 2.45) is 7.05 Å². The molecule has 3 aromatic rings. The fourth-order valence-electron chi connectivity index (χ4n) is 2.76. The van der Waals surface area contributed by atoms with Crippen LogP contribution in [-0.4, -0.2) is 20.9 Å². The number of carbonyl (C=O) groups is 1. The van der Waals surface area contributed by atoms with Crippen molar-refractivity contribution in [2.45, 2.75) is 26.2 Å². The normalized spacial score (nSPS) is 10.7. The molecule has 0 aliphatic rings. The summed E-state index contributed by atoms with van der Waals surface area (Å²) >= 11 is 0. The molecule has 0 aliphatic heterocycles. The van der Waals surface area contributed by atoms with Crippen molar-refractivity contribution in [3.63, 3.8) is 0 Å². The Kier molecular flexibility index (Phi) is 5.26. The Balaban J connectivity index is 1.67. The predicted molar refractivity (Wildman–Crippen MR) is 97.1 cm³/mol. The molecule has 0 unspecified atom stereocenters. The zero-order valence-corrected chi connectivity index (χ0v) is 14.7. The van der Waals surface area contributed by atoms with E-state index in [1.54, 1.807) is 20.0 Å². The lowest BCUT2D eigenvalue weighted by molar-refractivity contribution is 0.102. The number of nitrogens with zero attached hydrogens (tertiary/aromatic N) is 3. The molecule has 0 fully saturated rings. The summed E-state index contributed by atoms with van der Waals surface area (Å²) in [4.78, 5) is 25.9. The second-order valence-electron chi connectivity index (χ2n) is 6.07. The molecule has 0 radical (unpaired) electrons. The van der Waals surface area contributed by atoms with Crippen molar-refractivity contribution < 1.29 is 9.21 Å².